The van der Waals surface area contributed by atoms with Crippen LogP contribution < -0.4 is 15.4 Å². The van der Waals surface area contributed by atoms with Crippen LogP contribution in [0.1, 0.15) is 13.8 Å². The van der Waals surface area contributed by atoms with Gasteiger partial charge in [-0.1, -0.05) is 13.8 Å². The number of rotatable bonds is 3. The van der Waals surface area contributed by atoms with Crippen LogP contribution in [0.2, 0.25) is 0 Å². The fourth-order valence-electron chi connectivity index (χ4n) is 2.96. The average Bonchev–Trinajstić information content (AvgIpc) is 3.02. The lowest BCUT2D eigenvalue weighted by Crippen LogP contribution is -2.25. The van der Waals surface area contributed by atoms with Gasteiger partial charge < -0.3 is 20.5 Å². The maximum atomic E-state index is 12.2. The molecular formula is C15H16N2O5. The van der Waals surface area contributed by atoms with Crippen molar-refractivity contribution in [3.8, 4) is 5.75 Å². The number of hydrogen-bond acceptors (Lipinski definition) is 4. The fraction of sp³-hybridized carbons (Fsp3) is 0.400. The van der Waals surface area contributed by atoms with Gasteiger partial charge in [-0.05, 0) is 17.5 Å². The van der Waals surface area contributed by atoms with Gasteiger partial charge in [0.15, 0.2) is 6.61 Å². The summed E-state index contributed by atoms with van der Waals surface area (Å²) in [6.07, 6.45) is 0. The van der Waals surface area contributed by atoms with Crippen LogP contribution in [0.25, 0.3) is 0 Å². The molecule has 3 rings (SSSR count). The molecule has 2 amide bonds. The smallest absolute Gasteiger partial charge is 0.307 e. The highest BCUT2D eigenvalue weighted by molar-refractivity contribution is 6.01. The molecule has 2 aliphatic rings. The molecule has 7 nitrogen and oxygen atoms in total. The predicted octanol–water partition coefficient (Wildman–Crippen LogP) is 1.31. The molecule has 0 spiro atoms. The third-order valence-corrected chi connectivity index (χ3v) is 4.26. The third-order valence-electron chi connectivity index (χ3n) is 4.26. The van der Waals surface area contributed by atoms with E-state index in [2.05, 4.69) is 10.6 Å². The van der Waals surface area contributed by atoms with Crippen LogP contribution in [-0.4, -0.2) is 29.5 Å². The highest BCUT2D eigenvalue weighted by Crippen LogP contribution is 2.58. The molecule has 22 heavy (non-hydrogen) atoms. The summed E-state index contributed by atoms with van der Waals surface area (Å²) < 4.78 is 5.28. The number of ether oxygens (including phenoxy) is 1. The van der Waals surface area contributed by atoms with Gasteiger partial charge in [0.2, 0.25) is 5.91 Å². The number of nitrogens with one attached hydrogen (secondary N) is 2. The first-order valence-electron chi connectivity index (χ1n) is 6.91. The van der Waals surface area contributed by atoms with E-state index in [1.54, 1.807) is 32.0 Å². The fourth-order valence-corrected chi connectivity index (χ4v) is 2.96. The van der Waals surface area contributed by atoms with Crippen LogP contribution in [0, 0.1) is 17.3 Å². The Morgan fingerprint density at radius 1 is 1.36 bits per heavy atom. The minimum Gasteiger partial charge on any atom is -0.482 e. The maximum Gasteiger partial charge on any atom is 0.307 e. The lowest BCUT2D eigenvalue weighted by Gasteiger charge is -2.18. The Kier molecular flexibility index (Phi) is 3.09. The van der Waals surface area contributed by atoms with E-state index in [0.29, 0.717) is 17.1 Å². The first kappa shape index (κ1) is 14.4. The highest BCUT2D eigenvalue weighted by Gasteiger charge is 2.65. The molecule has 1 fully saturated rings. The number of aliphatic carboxylic acids is 1. The van der Waals surface area contributed by atoms with Crippen molar-refractivity contribution in [2.75, 3.05) is 17.2 Å². The number of amides is 2. The Morgan fingerprint density at radius 3 is 2.73 bits per heavy atom. The minimum atomic E-state index is -0.957. The Balaban J connectivity index is 1.73. The van der Waals surface area contributed by atoms with E-state index in [1.807, 2.05) is 0 Å². The first-order chi connectivity index (χ1) is 10.3. The number of hydrogen-bond donors (Lipinski definition) is 3. The Morgan fingerprint density at radius 2 is 2.09 bits per heavy atom. The van der Waals surface area contributed by atoms with E-state index in [4.69, 9.17) is 9.84 Å². The quantitative estimate of drug-likeness (QED) is 0.781. The zero-order valence-corrected chi connectivity index (χ0v) is 12.2. The molecule has 116 valence electrons. The molecule has 1 aromatic rings. The second kappa shape index (κ2) is 4.72. The van der Waals surface area contributed by atoms with Crippen LogP contribution in [0.3, 0.4) is 0 Å². The number of carboxylic acid groups (broad SMARTS) is 1. The van der Waals surface area contributed by atoms with E-state index < -0.39 is 23.2 Å². The molecule has 1 aliphatic heterocycles. The Labute approximate surface area is 126 Å². The van der Waals surface area contributed by atoms with Gasteiger partial charge in [-0.3, -0.25) is 14.4 Å². The van der Waals surface area contributed by atoms with Gasteiger partial charge in [-0.15, -0.1) is 0 Å². The van der Waals surface area contributed by atoms with Gasteiger partial charge in [0.25, 0.3) is 5.91 Å². The summed E-state index contributed by atoms with van der Waals surface area (Å²) in [4.78, 5) is 34.6. The van der Waals surface area contributed by atoms with Gasteiger partial charge in [0, 0.05) is 11.8 Å². The number of anilines is 2. The van der Waals surface area contributed by atoms with Gasteiger partial charge in [0.1, 0.15) is 5.75 Å². The molecule has 1 aliphatic carbocycles. The van der Waals surface area contributed by atoms with E-state index in [0.717, 1.165) is 0 Å². The van der Waals surface area contributed by atoms with E-state index >= 15 is 0 Å². The summed E-state index contributed by atoms with van der Waals surface area (Å²) in [6, 6.07) is 4.88. The van der Waals surface area contributed by atoms with E-state index in [9.17, 15) is 14.4 Å². The molecule has 0 bridgehead atoms. The lowest BCUT2D eigenvalue weighted by molar-refractivity contribution is -0.140. The van der Waals surface area contributed by atoms with Crippen molar-refractivity contribution in [2.24, 2.45) is 17.3 Å². The third kappa shape index (κ3) is 2.28. The Bertz CT molecular complexity index is 683. The molecule has 1 heterocycles. The van der Waals surface area contributed by atoms with Gasteiger partial charge in [-0.25, -0.2) is 0 Å². The van der Waals surface area contributed by atoms with E-state index in [1.165, 1.54) is 0 Å². The highest BCUT2D eigenvalue weighted by atomic mass is 16.5. The number of benzene rings is 1. The standard InChI is InChI=1S/C15H16N2O5/c1-15(2)11(12(15)14(20)21)13(19)16-7-3-4-8-9(5-7)22-6-10(18)17-8/h3-5,11-12H,6H2,1-2H3,(H,16,19)(H,17,18)(H,20,21)/t11-,12-/m1/s1. The molecule has 0 radical (unpaired) electrons. The largest absolute Gasteiger partial charge is 0.482 e. The summed E-state index contributed by atoms with van der Waals surface area (Å²) in [5.74, 6) is -2.25. The second-order valence-corrected chi connectivity index (χ2v) is 6.15. The first-order valence-corrected chi connectivity index (χ1v) is 6.91. The number of carboxylic acids is 1. The van der Waals surface area contributed by atoms with Crippen molar-refractivity contribution in [2.45, 2.75) is 13.8 Å². The predicted molar refractivity (Wildman–Crippen MR) is 77.6 cm³/mol. The summed E-state index contributed by atoms with van der Waals surface area (Å²) in [7, 11) is 0. The van der Waals surface area contributed by atoms with Crippen LogP contribution in [-0.2, 0) is 14.4 Å². The van der Waals surface area contributed by atoms with Crippen LogP contribution in [0.15, 0.2) is 18.2 Å². The summed E-state index contributed by atoms with van der Waals surface area (Å²) in [5.41, 5.74) is 0.505. The lowest BCUT2D eigenvalue weighted by atomic mass is 10.1. The van der Waals surface area contributed by atoms with Gasteiger partial charge in [-0.2, -0.15) is 0 Å². The molecule has 0 saturated heterocycles. The van der Waals surface area contributed by atoms with E-state index in [-0.39, 0.29) is 18.4 Å². The summed E-state index contributed by atoms with van der Waals surface area (Å²) in [6.45, 7) is 3.46. The Hall–Kier alpha value is -2.57. The molecule has 1 saturated carbocycles. The molecule has 0 aromatic heterocycles. The van der Waals surface area contributed by atoms with Crippen LogP contribution in [0.4, 0.5) is 11.4 Å². The molecule has 3 N–H and O–H groups in total. The number of fused-ring (bicyclic) bond motifs is 1. The zero-order chi connectivity index (χ0) is 16.1. The number of carbonyl (C=O) groups is 3. The van der Waals surface area contributed by atoms with Crippen molar-refractivity contribution >= 4 is 29.2 Å². The van der Waals surface area contributed by atoms with Crippen LogP contribution in [0.5, 0.6) is 5.75 Å². The summed E-state index contributed by atoms with van der Waals surface area (Å²) in [5, 5.41) is 14.5. The van der Waals surface area contributed by atoms with Crippen LogP contribution >= 0.6 is 0 Å². The average molecular weight is 304 g/mol. The maximum absolute atomic E-state index is 12.2. The van der Waals surface area contributed by atoms with Crippen molar-refractivity contribution < 1.29 is 24.2 Å². The monoisotopic (exact) mass is 304 g/mol. The zero-order valence-electron chi connectivity index (χ0n) is 12.2. The second-order valence-electron chi connectivity index (χ2n) is 6.15. The molecular weight excluding hydrogens is 288 g/mol. The SMILES string of the molecule is CC1(C)[C@@H](C(=O)O)[C@@H]1C(=O)Nc1ccc2c(c1)OCC(=O)N2. The normalized spacial score (nSPS) is 24.5. The van der Waals surface area contributed by atoms with Crippen molar-refractivity contribution in [1.29, 1.82) is 0 Å². The van der Waals surface area contributed by atoms with Crippen molar-refractivity contribution in [3.63, 3.8) is 0 Å². The van der Waals surface area contributed by atoms with Crippen molar-refractivity contribution in [1.82, 2.24) is 0 Å². The van der Waals surface area contributed by atoms with Crippen molar-refractivity contribution in [3.05, 3.63) is 18.2 Å². The minimum absolute atomic E-state index is 0.0683. The molecule has 2 atom stereocenters. The van der Waals surface area contributed by atoms with Gasteiger partial charge in [0.05, 0.1) is 17.5 Å². The molecule has 0 unspecified atom stereocenters. The molecule has 1 aromatic carbocycles. The van der Waals surface area contributed by atoms with Gasteiger partial charge >= 0.3 is 5.97 Å². The molecule has 7 heteroatoms. The topological polar surface area (TPSA) is 105 Å². The summed E-state index contributed by atoms with van der Waals surface area (Å²) >= 11 is 0. The number of carbonyl (C=O) groups excluding carboxylic acids is 2.